The number of hydrogen-bond acceptors (Lipinski definition) is 4. The second-order valence-electron chi connectivity index (χ2n) is 5.94. The Bertz CT molecular complexity index is 745. The fourth-order valence-electron chi connectivity index (χ4n) is 3.43. The summed E-state index contributed by atoms with van der Waals surface area (Å²) in [6.07, 6.45) is 11.9. The van der Waals surface area contributed by atoms with Crippen molar-refractivity contribution < 1.29 is 5.11 Å². The summed E-state index contributed by atoms with van der Waals surface area (Å²) in [5, 5.41) is 17.4. The maximum Gasteiger partial charge on any atom is 0.131 e. The van der Waals surface area contributed by atoms with Gasteiger partial charge >= 0.3 is 0 Å². The van der Waals surface area contributed by atoms with Crippen LogP contribution >= 0.6 is 11.6 Å². The van der Waals surface area contributed by atoms with Crippen LogP contribution in [0.2, 0.25) is 5.02 Å². The first kappa shape index (κ1) is 13.8. The van der Waals surface area contributed by atoms with E-state index in [-0.39, 0.29) is 12.0 Å². The van der Waals surface area contributed by atoms with Gasteiger partial charge in [-0.3, -0.25) is 4.68 Å². The van der Waals surface area contributed by atoms with Crippen LogP contribution in [0.25, 0.3) is 11.1 Å². The molecule has 0 atom stereocenters. The summed E-state index contributed by atoms with van der Waals surface area (Å²) in [5.74, 6) is 0.903. The van der Waals surface area contributed by atoms with Crippen molar-refractivity contribution in [3.05, 3.63) is 41.3 Å². The molecule has 2 N–H and O–H groups in total. The van der Waals surface area contributed by atoms with Gasteiger partial charge in [0.1, 0.15) is 5.82 Å². The highest BCUT2D eigenvalue weighted by Gasteiger charge is 2.42. The minimum absolute atomic E-state index is 0.0521. The van der Waals surface area contributed by atoms with Crippen molar-refractivity contribution in [3.8, 4) is 11.1 Å². The topological polar surface area (TPSA) is 63.0 Å². The predicted molar refractivity (Wildman–Crippen MR) is 86.1 cm³/mol. The molecule has 1 aliphatic heterocycles. The molecule has 3 heterocycles. The van der Waals surface area contributed by atoms with Gasteiger partial charge in [0, 0.05) is 41.0 Å². The molecular formula is C16H17ClN4O. The van der Waals surface area contributed by atoms with E-state index in [9.17, 15) is 0 Å². The zero-order valence-corrected chi connectivity index (χ0v) is 12.8. The van der Waals surface area contributed by atoms with E-state index < -0.39 is 0 Å². The fraction of sp³-hybridized carbons (Fsp3) is 0.375. The number of halogens is 1. The highest BCUT2D eigenvalue weighted by molar-refractivity contribution is 6.34. The molecule has 22 heavy (non-hydrogen) atoms. The van der Waals surface area contributed by atoms with Gasteiger partial charge in [-0.1, -0.05) is 23.8 Å². The Labute approximate surface area is 133 Å². The second kappa shape index (κ2) is 5.11. The van der Waals surface area contributed by atoms with Gasteiger partial charge in [0.15, 0.2) is 0 Å². The molecule has 114 valence electrons. The molecule has 0 saturated carbocycles. The zero-order valence-electron chi connectivity index (χ0n) is 12.1. The van der Waals surface area contributed by atoms with Gasteiger partial charge in [-0.15, -0.1) is 0 Å². The van der Waals surface area contributed by atoms with Crippen molar-refractivity contribution in [1.82, 2.24) is 14.8 Å². The summed E-state index contributed by atoms with van der Waals surface area (Å²) >= 11 is 6.75. The number of aromatic nitrogens is 3. The van der Waals surface area contributed by atoms with Crippen LogP contribution in [0.3, 0.4) is 0 Å². The van der Waals surface area contributed by atoms with Crippen LogP contribution in [0.4, 0.5) is 5.82 Å². The van der Waals surface area contributed by atoms with Gasteiger partial charge < -0.3 is 10.4 Å². The number of allylic oxidation sites excluding steroid dienone is 2. The van der Waals surface area contributed by atoms with Crippen LogP contribution in [0, 0.1) is 0 Å². The molecule has 0 unspecified atom stereocenters. The third-order valence-electron chi connectivity index (χ3n) is 4.60. The van der Waals surface area contributed by atoms with E-state index in [1.165, 1.54) is 0 Å². The number of hydrogen-bond donors (Lipinski definition) is 2. The summed E-state index contributed by atoms with van der Waals surface area (Å²) in [5.41, 5.74) is 3.02. The van der Waals surface area contributed by atoms with Crippen molar-refractivity contribution in [2.45, 2.75) is 24.8 Å². The average molecular weight is 317 g/mol. The van der Waals surface area contributed by atoms with E-state index in [1.54, 1.807) is 17.1 Å². The molecule has 0 radical (unpaired) electrons. The van der Waals surface area contributed by atoms with Crippen LogP contribution < -0.4 is 5.32 Å². The Morgan fingerprint density at radius 3 is 2.91 bits per heavy atom. The average Bonchev–Trinajstić information content (AvgIpc) is 3.23. The van der Waals surface area contributed by atoms with Gasteiger partial charge in [0.2, 0.25) is 0 Å². The Kier molecular flexibility index (Phi) is 3.20. The normalized spacial score (nSPS) is 17.9. The highest BCUT2D eigenvalue weighted by atomic mass is 35.5. The lowest BCUT2D eigenvalue weighted by molar-refractivity contribution is 0.269. The molecular weight excluding hydrogens is 300 g/mol. The zero-order chi connectivity index (χ0) is 15.2. The van der Waals surface area contributed by atoms with Crippen LogP contribution in [-0.4, -0.2) is 33.0 Å². The summed E-state index contributed by atoms with van der Waals surface area (Å²) in [6, 6.07) is 0. The van der Waals surface area contributed by atoms with Crippen LogP contribution in [-0.2, 0) is 12.0 Å². The van der Waals surface area contributed by atoms with Crippen molar-refractivity contribution in [3.63, 3.8) is 0 Å². The Hall–Kier alpha value is -1.85. The van der Waals surface area contributed by atoms with E-state index >= 15 is 0 Å². The lowest BCUT2D eigenvalue weighted by Gasteiger charge is -2.24. The molecule has 0 aromatic carbocycles. The molecule has 1 aliphatic carbocycles. The number of aliphatic hydroxyl groups is 1. The Morgan fingerprint density at radius 2 is 2.14 bits per heavy atom. The Balaban J connectivity index is 1.79. The van der Waals surface area contributed by atoms with Crippen LogP contribution in [0.15, 0.2) is 30.7 Å². The van der Waals surface area contributed by atoms with Crippen LogP contribution in [0.5, 0.6) is 0 Å². The Morgan fingerprint density at radius 1 is 1.32 bits per heavy atom. The quantitative estimate of drug-likeness (QED) is 0.854. The standard InChI is InChI=1S/C16H17ClN4O/c17-14-12(11-7-20-21(9-11)5-6-22)8-18-15-13(14)16(10-19-15)3-1-2-4-16/h1-2,7-9,22H,3-6,10H2,(H,18,19). The number of nitrogens with zero attached hydrogens (tertiary/aromatic N) is 3. The SMILES string of the molecule is OCCn1cc(-c2cnc3c(c2Cl)C2(CC=CC2)CN3)cn1. The molecule has 2 aromatic heterocycles. The van der Waals surface area contributed by atoms with Gasteiger partial charge in [0.05, 0.1) is 24.4 Å². The molecule has 0 bridgehead atoms. The molecule has 0 amide bonds. The largest absolute Gasteiger partial charge is 0.394 e. The predicted octanol–water partition coefficient (Wildman–Crippen LogP) is 2.60. The molecule has 1 spiro atoms. The number of pyridine rings is 1. The second-order valence-corrected chi connectivity index (χ2v) is 6.32. The highest BCUT2D eigenvalue weighted by Crippen LogP contribution is 2.49. The molecule has 0 saturated heterocycles. The maximum atomic E-state index is 9.01. The van der Waals surface area contributed by atoms with E-state index in [4.69, 9.17) is 16.7 Å². The monoisotopic (exact) mass is 316 g/mol. The fourth-order valence-corrected chi connectivity index (χ4v) is 3.87. The van der Waals surface area contributed by atoms with E-state index in [0.717, 1.165) is 46.9 Å². The van der Waals surface area contributed by atoms with Crippen molar-refractivity contribution >= 4 is 17.4 Å². The first-order valence-corrected chi connectivity index (χ1v) is 7.83. The number of fused-ring (bicyclic) bond motifs is 2. The third-order valence-corrected chi connectivity index (χ3v) is 4.99. The van der Waals surface area contributed by atoms with E-state index in [0.29, 0.717) is 6.54 Å². The van der Waals surface area contributed by atoms with Crippen molar-refractivity contribution in [2.24, 2.45) is 0 Å². The van der Waals surface area contributed by atoms with Gasteiger partial charge in [0.25, 0.3) is 0 Å². The lowest BCUT2D eigenvalue weighted by atomic mass is 9.80. The number of anilines is 1. The lowest BCUT2D eigenvalue weighted by Crippen LogP contribution is -2.25. The van der Waals surface area contributed by atoms with Crippen molar-refractivity contribution in [2.75, 3.05) is 18.5 Å². The van der Waals surface area contributed by atoms with E-state index in [2.05, 4.69) is 27.6 Å². The summed E-state index contributed by atoms with van der Waals surface area (Å²) in [6.45, 7) is 1.43. The van der Waals surface area contributed by atoms with Gasteiger partial charge in [-0.25, -0.2) is 4.98 Å². The first-order valence-electron chi connectivity index (χ1n) is 7.45. The summed E-state index contributed by atoms with van der Waals surface area (Å²) < 4.78 is 1.71. The van der Waals surface area contributed by atoms with Gasteiger partial charge in [-0.05, 0) is 12.8 Å². The molecule has 6 heteroatoms. The van der Waals surface area contributed by atoms with Crippen LogP contribution in [0.1, 0.15) is 18.4 Å². The molecule has 5 nitrogen and oxygen atoms in total. The maximum absolute atomic E-state index is 9.01. The summed E-state index contributed by atoms with van der Waals surface area (Å²) in [7, 11) is 0. The molecule has 0 fully saturated rings. The number of nitrogens with one attached hydrogen (secondary N) is 1. The minimum atomic E-state index is 0.0521. The molecule has 2 aliphatic rings. The molecule has 4 rings (SSSR count). The van der Waals surface area contributed by atoms with E-state index in [1.807, 2.05) is 6.20 Å². The first-order chi connectivity index (χ1) is 10.7. The number of rotatable bonds is 3. The van der Waals surface area contributed by atoms with Crippen molar-refractivity contribution in [1.29, 1.82) is 0 Å². The van der Waals surface area contributed by atoms with Gasteiger partial charge in [-0.2, -0.15) is 5.10 Å². The smallest absolute Gasteiger partial charge is 0.131 e. The third kappa shape index (κ3) is 1.96. The minimum Gasteiger partial charge on any atom is -0.394 e. The summed E-state index contributed by atoms with van der Waals surface area (Å²) in [4.78, 5) is 4.56. The number of aliphatic hydroxyl groups excluding tert-OH is 1. The molecule has 2 aromatic rings.